The van der Waals surface area contributed by atoms with E-state index in [1.165, 1.54) is 0 Å². The Kier molecular flexibility index (Phi) is 3.73. The van der Waals surface area contributed by atoms with E-state index in [4.69, 9.17) is 10.1 Å². The standard InChI is InChI=1S/C14H21N5O/c1-2-15-12-10-19-7-5-16-13(19)14(17-12)18-6-3-11(9-18)4-8-20/h5,7,10-11,15,20H,2-4,6,8-9H2,1H3. The van der Waals surface area contributed by atoms with Crippen molar-refractivity contribution in [3.8, 4) is 0 Å². The molecule has 1 unspecified atom stereocenters. The van der Waals surface area contributed by atoms with Crippen molar-refractivity contribution in [2.75, 3.05) is 36.5 Å². The Balaban J connectivity index is 1.91. The minimum atomic E-state index is 0.266. The van der Waals surface area contributed by atoms with Crippen LogP contribution in [0.3, 0.4) is 0 Å². The first kappa shape index (κ1) is 13.2. The van der Waals surface area contributed by atoms with Crippen LogP contribution in [0.5, 0.6) is 0 Å². The molecule has 2 aromatic heterocycles. The molecule has 0 spiro atoms. The molecule has 1 fully saturated rings. The molecule has 0 aromatic carbocycles. The van der Waals surface area contributed by atoms with Gasteiger partial charge in [-0.15, -0.1) is 0 Å². The molecule has 2 aromatic rings. The van der Waals surface area contributed by atoms with Gasteiger partial charge in [0.25, 0.3) is 0 Å². The van der Waals surface area contributed by atoms with Crippen LogP contribution in [0, 0.1) is 5.92 Å². The van der Waals surface area contributed by atoms with Gasteiger partial charge in [-0.05, 0) is 25.7 Å². The van der Waals surface area contributed by atoms with E-state index in [1.807, 2.05) is 16.8 Å². The summed E-state index contributed by atoms with van der Waals surface area (Å²) in [5.74, 6) is 2.37. The van der Waals surface area contributed by atoms with Gasteiger partial charge in [0, 0.05) is 38.6 Å². The number of anilines is 2. The second-order valence-electron chi connectivity index (χ2n) is 5.25. The molecular weight excluding hydrogens is 254 g/mol. The van der Waals surface area contributed by atoms with Crippen molar-refractivity contribution in [2.45, 2.75) is 19.8 Å². The van der Waals surface area contributed by atoms with E-state index in [9.17, 15) is 0 Å². The summed E-state index contributed by atoms with van der Waals surface area (Å²) in [6, 6.07) is 0. The molecule has 108 valence electrons. The maximum atomic E-state index is 9.08. The van der Waals surface area contributed by atoms with Crippen LogP contribution in [0.15, 0.2) is 18.6 Å². The summed E-state index contributed by atoms with van der Waals surface area (Å²) in [7, 11) is 0. The van der Waals surface area contributed by atoms with E-state index in [2.05, 4.69) is 22.1 Å². The third-order valence-corrected chi connectivity index (χ3v) is 3.84. The minimum Gasteiger partial charge on any atom is -0.396 e. The van der Waals surface area contributed by atoms with Crippen LogP contribution in [-0.2, 0) is 0 Å². The van der Waals surface area contributed by atoms with E-state index in [-0.39, 0.29) is 6.61 Å². The summed E-state index contributed by atoms with van der Waals surface area (Å²) >= 11 is 0. The molecular formula is C14H21N5O. The molecule has 20 heavy (non-hydrogen) atoms. The van der Waals surface area contributed by atoms with Gasteiger partial charge in [-0.3, -0.25) is 0 Å². The molecule has 6 heteroatoms. The van der Waals surface area contributed by atoms with Gasteiger partial charge >= 0.3 is 0 Å². The van der Waals surface area contributed by atoms with E-state index < -0.39 is 0 Å². The smallest absolute Gasteiger partial charge is 0.180 e. The number of aliphatic hydroxyl groups is 1. The molecule has 0 aliphatic carbocycles. The predicted octanol–water partition coefficient (Wildman–Crippen LogP) is 1.37. The molecule has 1 aliphatic heterocycles. The fourth-order valence-corrected chi connectivity index (χ4v) is 2.84. The molecule has 2 N–H and O–H groups in total. The number of nitrogens with zero attached hydrogens (tertiary/aromatic N) is 4. The average Bonchev–Trinajstić information content (AvgIpc) is 3.07. The third kappa shape index (κ3) is 2.43. The van der Waals surface area contributed by atoms with Gasteiger partial charge < -0.3 is 19.7 Å². The summed E-state index contributed by atoms with van der Waals surface area (Å²) in [5.41, 5.74) is 0.899. The van der Waals surface area contributed by atoms with Gasteiger partial charge in [0.1, 0.15) is 5.82 Å². The monoisotopic (exact) mass is 275 g/mol. The lowest BCUT2D eigenvalue weighted by atomic mass is 10.1. The highest BCUT2D eigenvalue weighted by atomic mass is 16.3. The molecule has 0 amide bonds. The lowest BCUT2D eigenvalue weighted by molar-refractivity contribution is 0.263. The van der Waals surface area contributed by atoms with E-state index >= 15 is 0 Å². The zero-order valence-corrected chi connectivity index (χ0v) is 11.8. The Morgan fingerprint density at radius 1 is 1.50 bits per heavy atom. The van der Waals surface area contributed by atoms with Crippen LogP contribution in [0.4, 0.5) is 11.6 Å². The fourth-order valence-electron chi connectivity index (χ4n) is 2.84. The van der Waals surface area contributed by atoms with Crippen LogP contribution < -0.4 is 10.2 Å². The van der Waals surface area contributed by atoms with Crippen LogP contribution in [-0.4, -0.2) is 45.7 Å². The average molecular weight is 275 g/mol. The lowest BCUT2D eigenvalue weighted by Gasteiger charge is -2.19. The third-order valence-electron chi connectivity index (χ3n) is 3.84. The molecule has 1 saturated heterocycles. The number of hydrogen-bond donors (Lipinski definition) is 2. The minimum absolute atomic E-state index is 0.266. The highest BCUT2D eigenvalue weighted by molar-refractivity contribution is 5.67. The maximum absolute atomic E-state index is 9.08. The summed E-state index contributed by atoms with van der Waals surface area (Å²) in [4.78, 5) is 11.4. The van der Waals surface area contributed by atoms with Crippen molar-refractivity contribution < 1.29 is 5.11 Å². The van der Waals surface area contributed by atoms with Crippen molar-refractivity contribution in [1.82, 2.24) is 14.4 Å². The van der Waals surface area contributed by atoms with Crippen molar-refractivity contribution in [1.29, 1.82) is 0 Å². The van der Waals surface area contributed by atoms with Crippen molar-refractivity contribution in [2.24, 2.45) is 5.92 Å². The fraction of sp³-hybridized carbons (Fsp3) is 0.571. The molecule has 3 rings (SSSR count). The summed E-state index contributed by atoms with van der Waals surface area (Å²) in [5, 5.41) is 12.3. The number of fused-ring (bicyclic) bond motifs is 1. The summed E-state index contributed by atoms with van der Waals surface area (Å²) in [6.45, 7) is 5.11. The quantitative estimate of drug-likeness (QED) is 0.863. The van der Waals surface area contributed by atoms with Crippen LogP contribution in [0.1, 0.15) is 19.8 Å². The van der Waals surface area contributed by atoms with E-state index in [1.54, 1.807) is 6.20 Å². The Morgan fingerprint density at radius 3 is 3.20 bits per heavy atom. The van der Waals surface area contributed by atoms with E-state index in [0.717, 1.165) is 49.8 Å². The Hall–Kier alpha value is -1.82. The zero-order chi connectivity index (χ0) is 13.9. The first-order valence-electron chi connectivity index (χ1n) is 7.25. The number of imidazole rings is 1. The van der Waals surface area contributed by atoms with Gasteiger partial charge in [-0.1, -0.05) is 0 Å². The largest absolute Gasteiger partial charge is 0.396 e. The second kappa shape index (κ2) is 5.66. The molecule has 3 heterocycles. The SMILES string of the molecule is CCNc1cn2ccnc2c(N2CCC(CCO)C2)n1. The number of hydrogen-bond acceptors (Lipinski definition) is 5. The highest BCUT2D eigenvalue weighted by Crippen LogP contribution is 2.27. The molecule has 0 saturated carbocycles. The molecule has 1 atom stereocenters. The lowest BCUT2D eigenvalue weighted by Crippen LogP contribution is -2.22. The summed E-state index contributed by atoms with van der Waals surface area (Å²) in [6.07, 6.45) is 7.70. The topological polar surface area (TPSA) is 65.7 Å². The van der Waals surface area contributed by atoms with Crippen molar-refractivity contribution in [3.05, 3.63) is 18.6 Å². The molecule has 0 radical (unpaired) electrons. The van der Waals surface area contributed by atoms with Gasteiger partial charge in [0.15, 0.2) is 11.5 Å². The van der Waals surface area contributed by atoms with Gasteiger partial charge in [-0.25, -0.2) is 9.97 Å². The van der Waals surface area contributed by atoms with Crippen LogP contribution in [0.25, 0.3) is 5.65 Å². The number of rotatable bonds is 5. The molecule has 6 nitrogen and oxygen atoms in total. The number of aliphatic hydroxyl groups excluding tert-OH is 1. The first-order chi connectivity index (χ1) is 9.81. The molecule has 1 aliphatic rings. The van der Waals surface area contributed by atoms with Gasteiger partial charge in [0.2, 0.25) is 0 Å². The normalized spacial score (nSPS) is 18.9. The Morgan fingerprint density at radius 2 is 2.40 bits per heavy atom. The second-order valence-corrected chi connectivity index (χ2v) is 5.25. The highest BCUT2D eigenvalue weighted by Gasteiger charge is 2.25. The van der Waals surface area contributed by atoms with Crippen molar-refractivity contribution >= 4 is 17.3 Å². The summed E-state index contributed by atoms with van der Waals surface area (Å²) < 4.78 is 2.01. The number of nitrogens with one attached hydrogen (secondary N) is 1. The van der Waals surface area contributed by atoms with Crippen molar-refractivity contribution in [3.63, 3.8) is 0 Å². The first-order valence-corrected chi connectivity index (χ1v) is 7.25. The maximum Gasteiger partial charge on any atom is 0.180 e. The zero-order valence-electron chi connectivity index (χ0n) is 11.8. The van der Waals surface area contributed by atoms with Gasteiger partial charge in [-0.2, -0.15) is 0 Å². The van der Waals surface area contributed by atoms with Crippen LogP contribution in [0.2, 0.25) is 0 Å². The Labute approximate surface area is 118 Å². The van der Waals surface area contributed by atoms with Gasteiger partial charge in [0.05, 0.1) is 6.20 Å². The van der Waals surface area contributed by atoms with Crippen LogP contribution >= 0.6 is 0 Å². The number of aromatic nitrogens is 3. The molecule has 0 bridgehead atoms. The predicted molar refractivity (Wildman–Crippen MR) is 79.2 cm³/mol. The Bertz CT molecular complexity index is 582. The van der Waals surface area contributed by atoms with E-state index in [0.29, 0.717) is 5.92 Å².